The molecule has 0 bridgehead atoms. The van der Waals surface area contributed by atoms with Crippen LogP contribution in [0.1, 0.15) is 21.7 Å². The molecule has 0 aliphatic rings. The van der Waals surface area contributed by atoms with Crippen LogP contribution in [0.5, 0.6) is 0 Å². The maximum atomic E-state index is 12.0. The highest BCUT2D eigenvalue weighted by molar-refractivity contribution is 9.10. The van der Waals surface area contributed by atoms with Crippen LogP contribution in [0.25, 0.3) is 0 Å². The number of hydrogen-bond acceptors (Lipinski definition) is 2. The van der Waals surface area contributed by atoms with E-state index in [-0.39, 0.29) is 5.91 Å². The van der Waals surface area contributed by atoms with E-state index in [1.54, 1.807) is 18.2 Å². The van der Waals surface area contributed by atoms with E-state index in [9.17, 15) is 4.79 Å². The van der Waals surface area contributed by atoms with Gasteiger partial charge in [0.25, 0.3) is 5.91 Å². The van der Waals surface area contributed by atoms with Crippen LogP contribution in [-0.2, 0) is 6.54 Å². The van der Waals surface area contributed by atoms with Crippen molar-refractivity contribution in [3.63, 3.8) is 0 Å². The molecule has 0 fully saturated rings. The monoisotopic (exact) mass is 338 g/mol. The number of rotatable bonds is 3. The third kappa shape index (κ3) is 3.78. The third-order valence-electron chi connectivity index (χ3n) is 2.55. The second-order valence-electron chi connectivity index (χ2n) is 4.08. The molecule has 1 aromatic carbocycles. The number of halogens is 2. The number of nitrogens with zero attached hydrogens (tertiary/aromatic N) is 1. The number of aryl methyl sites for hydroxylation is 1. The van der Waals surface area contributed by atoms with Gasteiger partial charge in [-0.2, -0.15) is 0 Å². The first-order chi connectivity index (χ1) is 9.06. The van der Waals surface area contributed by atoms with Crippen molar-refractivity contribution in [1.82, 2.24) is 10.3 Å². The van der Waals surface area contributed by atoms with Crippen molar-refractivity contribution in [3.05, 3.63) is 62.8 Å². The molecule has 1 amide bonds. The van der Waals surface area contributed by atoms with Crippen LogP contribution >= 0.6 is 27.5 Å². The lowest BCUT2D eigenvalue weighted by Crippen LogP contribution is -2.23. The number of carbonyl (C=O) groups is 1. The summed E-state index contributed by atoms with van der Waals surface area (Å²) >= 11 is 9.33. The van der Waals surface area contributed by atoms with Gasteiger partial charge in [-0.15, -0.1) is 0 Å². The molecular weight excluding hydrogens is 328 g/mol. The quantitative estimate of drug-likeness (QED) is 0.925. The molecule has 3 nitrogen and oxygen atoms in total. The SMILES string of the molecule is Cc1cccc(CNC(=O)c2ccc(Br)cc2Cl)n1. The van der Waals surface area contributed by atoms with Gasteiger partial charge in [0.1, 0.15) is 0 Å². The summed E-state index contributed by atoms with van der Waals surface area (Å²) in [5.41, 5.74) is 2.20. The smallest absolute Gasteiger partial charge is 0.253 e. The lowest BCUT2D eigenvalue weighted by atomic mass is 10.2. The van der Waals surface area contributed by atoms with E-state index in [0.717, 1.165) is 15.9 Å². The molecule has 0 aliphatic heterocycles. The zero-order chi connectivity index (χ0) is 13.8. The highest BCUT2D eigenvalue weighted by atomic mass is 79.9. The normalized spacial score (nSPS) is 10.3. The summed E-state index contributed by atoms with van der Waals surface area (Å²) in [5.74, 6) is -0.208. The van der Waals surface area contributed by atoms with E-state index >= 15 is 0 Å². The van der Waals surface area contributed by atoms with Crippen LogP contribution in [0.15, 0.2) is 40.9 Å². The summed E-state index contributed by atoms with van der Waals surface area (Å²) < 4.78 is 0.842. The average molecular weight is 340 g/mol. The van der Waals surface area contributed by atoms with Crippen molar-refractivity contribution in [2.75, 3.05) is 0 Å². The van der Waals surface area contributed by atoms with E-state index in [1.165, 1.54) is 0 Å². The fourth-order valence-corrected chi connectivity index (χ4v) is 2.40. The third-order valence-corrected chi connectivity index (χ3v) is 3.36. The number of nitrogens with one attached hydrogen (secondary N) is 1. The van der Waals surface area contributed by atoms with Crippen LogP contribution in [0.2, 0.25) is 5.02 Å². The molecule has 19 heavy (non-hydrogen) atoms. The Kier molecular flexibility index (Phi) is 4.56. The van der Waals surface area contributed by atoms with Gasteiger partial charge in [0.2, 0.25) is 0 Å². The van der Waals surface area contributed by atoms with E-state index in [2.05, 4.69) is 26.2 Å². The second-order valence-corrected chi connectivity index (χ2v) is 5.40. The van der Waals surface area contributed by atoms with Crippen molar-refractivity contribution >= 4 is 33.4 Å². The second kappa shape index (κ2) is 6.17. The minimum Gasteiger partial charge on any atom is -0.346 e. The van der Waals surface area contributed by atoms with Crippen molar-refractivity contribution in [2.45, 2.75) is 13.5 Å². The molecule has 0 aliphatic carbocycles. The summed E-state index contributed by atoms with van der Waals surface area (Å²) in [4.78, 5) is 16.3. The number of amides is 1. The zero-order valence-electron chi connectivity index (χ0n) is 10.3. The first kappa shape index (κ1) is 14.0. The Hall–Kier alpha value is -1.39. The van der Waals surface area contributed by atoms with Crippen LogP contribution in [0.4, 0.5) is 0 Å². The van der Waals surface area contributed by atoms with E-state index < -0.39 is 0 Å². The maximum absolute atomic E-state index is 12.0. The van der Waals surface area contributed by atoms with Gasteiger partial charge in [0.15, 0.2) is 0 Å². The lowest BCUT2D eigenvalue weighted by Gasteiger charge is -2.07. The van der Waals surface area contributed by atoms with Gasteiger partial charge in [-0.1, -0.05) is 33.6 Å². The zero-order valence-corrected chi connectivity index (χ0v) is 12.6. The molecule has 1 aromatic heterocycles. The van der Waals surface area contributed by atoms with Crippen molar-refractivity contribution in [1.29, 1.82) is 0 Å². The predicted molar refractivity (Wildman–Crippen MR) is 79.3 cm³/mol. The summed E-state index contributed by atoms with van der Waals surface area (Å²) in [5, 5.41) is 3.22. The Morgan fingerprint density at radius 3 is 2.84 bits per heavy atom. The molecule has 1 heterocycles. The van der Waals surface area contributed by atoms with Gasteiger partial charge in [-0.05, 0) is 37.3 Å². The van der Waals surface area contributed by atoms with Gasteiger partial charge < -0.3 is 5.32 Å². The van der Waals surface area contributed by atoms with Gasteiger partial charge in [0.05, 0.1) is 22.8 Å². The molecular formula is C14H12BrClN2O. The number of carbonyl (C=O) groups excluding carboxylic acids is 1. The average Bonchev–Trinajstić information content (AvgIpc) is 2.36. The molecule has 0 saturated carbocycles. The van der Waals surface area contributed by atoms with E-state index in [1.807, 2.05) is 25.1 Å². The van der Waals surface area contributed by atoms with Crippen LogP contribution in [-0.4, -0.2) is 10.9 Å². The molecule has 5 heteroatoms. The van der Waals surface area contributed by atoms with Gasteiger partial charge in [-0.3, -0.25) is 9.78 Å². The fourth-order valence-electron chi connectivity index (χ4n) is 1.64. The summed E-state index contributed by atoms with van der Waals surface area (Å²) in [6.45, 7) is 2.30. The lowest BCUT2D eigenvalue weighted by molar-refractivity contribution is 0.0950. The molecule has 0 unspecified atom stereocenters. The summed E-state index contributed by atoms with van der Waals surface area (Å²) in [6.07, 6.45) is 0. The number of aromatic nitrogens is 1. The van der Waals surface area contributed by atoms with Gasteiger partial charge in [0, 0.05) is 10.2 Å². The van der Waals surface area contributed by atoms with Crippen molar-refractivity contribution < 1.29 is 4.79 Å². The largest absolute Gasteiger partial charge is 0.346 e. The number of pyridine rings is 1. The van der Waals surface area contributed by atoms with Crippen molar-refractivity contribution in [3.8, 4) is 0 Å². The number of hydrogen-bond donors (Lipinski definition) is 1. The Balaban J connectivity index is 2.05. The Morgan fingerprint density at radius 1 is 1.37 bits per heavy atom. The Bertz CT molecular complexity index is 616. The summed E-state index contributed by atoms with van der Waals surface area (Å²) in [7, 11) is 0. The molecule has 0 saturated heterocycles. The van der Waals surface area contributed by atoms with Crippen molar-refractivity contribution in [2.24, 2.45) is 0 Å². The van der Waals surface area contributed by atoms with Gasteiger partial charge >= 0.3 is 0 Å². The topological polar surface area (TPSA) is 42.0 Å². The predicted octanol–water partition coefficient (Wildman–Crippen LogP) is 3.74. The molecule has 0 atom stereocenters. The first-order valence-corrected chi connectivity index (χ1v) is 6.89. The minimum atomic E-state index is -0.208. The Morgan fingerprint density at radius 2 is 2.16 bits per heavy atom. The summed E-state index contributed by atoms with van der Waals surface area (Å²) in [6, 6.07) is 10.9. The number of benzene rings is 1. The van der Waals surface area contributed by atoms with Crippen LogP contribution in [0.3, 0.4) is 0 Å². The molecule has 0 radical (unpaired) electrons. The standard InChI is InChI=1S/C14H12BrClN2O/c1-9-3-2-4-11(18-9)8-17-14(19)12-6-5-10(15)7-13(12)16/h2-7H,8H2,1H3,(H,17,19). The maximum Gasteiger partial charge on any atom is 0.253 e. The molecule has 2 rings (SSSR count). The molecule has 1 N–H and O–H groups in total. The molecule has 0 spiro atoms. The molecule has 98 valence electrons. The molecule has 2 aromatic rings. The fraction of sp³-hybridized carbons (Fsp3) is 0.143. The van der Waals surface area contributed by atoms with Crippen LogP contribution in [0, 0.1) is 6.92 Å². The highest BCUT2D eigenvalue weighted by Crippen LogP contribution is 2.21. The van der Waals surface area contributed by atoms with Gasteiger partial charge in [-0.25, -0.2) is 0 Å². The first-order valence-electron chi connectivity index (χ1n) is 5.72. The minimum absolute atomic E-state index is 0.208. The van der Waals surface area contributed by atoms with E-state index in [0.29, 0.717) is 17.1 Å². The highest BCUT2D eigenvalue weighted by Gasteiger charge is 2.10. The van der Waals surface area contributed by atoms with E-state index in [4.69, 9.17) is 11.6 Å². The van der Waals surface area contributed by atoms with Crippen LogP contribution < -0.4 is 5.32 Å². The Labute approximate surface area is 125 Å².